The van der Waals surface area contributed by atoms with Gasteiger partial charge in [0.05, 0.1) is 0 Å². The Bertz CT molecular complexity index is 667. The number of para-hydroxylation sites is 1. The first-order chi connectivity index (χ1) is 9.92. The molecule has 0 unspecified atom stereocenters. The summed E-state index contributed by atoms with van der Waals surface area (Å²) in [5.74, 6) is 0. The predicted molar refractivity (Wildman–Crippen MR) is 83.5 cm³/mol. The number of ether oxygens (including phenoxy) is 1. The number of aryl methyl sites for hydroxylation is 1. The summed E-state index contributed by atoms with van der Waals surface area (Å²) in [6.45, 7) is 5.64. The van der Waals surface area contributed by atoms with Crippen molar-refractivity contribution in [3.05, 3.63) is 35.5 Å². The molecule has 0 fully saturated rings. The number of H-pyrrole nitrogens is 1. The Morgan fingerprint density at radius 3 is 2.86 bits per heavy atom. The van der Waals surface area contributed by atoms with Gasteiger partial charge in [-0.1, -0.05) is 18.2 Å². The summed E-state index contributed by atoms with van der Waals surface area (Å²) < 4.78 is 5.34. The number of aromatic nitrogens is 1. The molecule has 2 N–H and O–H groups in total. The van der Waals surface area contributed by atoms with Gasteiger partial charge in [0.15, 0.2) is 0 Å². The Balaban J connectivity index is 1.74. The maximum atomic E-state index is 11.9. The molecule has 1 amide bonds. The van der Waals surface area contributed by atoms with Gasteiger partial charge in [-0.05, 0) is 51.7 Å². The van der Waals surface area contributed by atoms with E-state index in [2.05, 4.69) is 28.5 Å². The van der Waals surface area contributed by atoms with Crippen LogP contribution in [0.25, 0.3) is 10.9 Å². The fraction of sp³-hybridized carbons (Fsp3) is 0.471. The lowest BCUT2D eigenvalue weighted by Crippen LogP contribution is -2.41. The van der Waals surface area contributed by atoms with Crippen molar-refractivity contribution in [1.29, 1.82) is 0 Å². The van der Waals surface area contributed by atoms with Crippen molar-refractivity contribution in [3.8, 4) is 0 Å². The van der Waals surface area contributed by atoms with E-state index in [1.165, 1.54) is 22.2 Å². The third kappa shape index (κ3) is 3.04. The molecule has 1 aliphatic rings. The van der Waals surface area contributed by atoms with Gasteiger partial charge in [-0.15, -0.1) is 0 Å². The molecular weight excluding hydrogens is 264 g/mol. The van der Waals surface area contributed by atoms with Crippen LogP contribution in [0.3, 0.4) is 0 Å². The Kier molecular flexibility index (Phi) is 3.40. The van der Waals surface area contributed by atoms with Crippen LogP contribution in [0.15, 0.2) is 24.3 Å². The summed E-state index contributed by atoms with van der Waals surface area (Å²) in [7, 11) is 0. The summed E-state index contributed by atoms with van der Waals surface area (Å²) in [4.78, 5) is 15.4. The normalized spacial score (nSPS) is 18.3. The number of nitrogens with one attached hydrogen (secondary N) is 2. The van der Waals surface area contributed by atoms with Gasteiger partial charge in [0.25, 0.3) is 0 Å². The fourth-order valence-electron chi connectivity index (χ4n) is 2.97. The first-order valence-electron chi connectivity index (χ1n) is 7.50. The zero-order valence-corrected chi connectivity index (χ0v) is 12.8. The van der Waals surface area contributed by atoms with Crippen LogP contribution in [0.5, 0.6) is 0 Å². The van der Waals surface area contributed by atoms with E-state index in [0.29, 0.717) is 0 Å². The number of carbonyl (C=O) groups excluding carboxylic acids is 1. The third-order valence-corrected chi connectivity index (χ3v) is 3.82. The Labute approximate surface area is 124 Å². The van der Waals surface area contributed by atoms with E-state index in [1.807, 2.05) is 26.8 Å². The SMILES string of the molecule is CC(C)(C)OC(=O)N[C@H]1CCc2[nH]c3ccccc3c2C1. The van der Waals surface area contributed by atoms with Gasteiger partial charge in [0, 0.05) is 22.6 Å². The molecule has 112 valence electrons. The zero-order valence-electron chi connectivity index (χ0n) is 12.8. The quantitative estimate of drug-likeness (QED) is 0.842. The molecule has 1 heterocycles. The van der Waals surface area contributed by atoms with Crippen molar-refractivity contribution >= 4 is 17.0 Å². The van der Waals surface area contributed by atoms with Gasteiger partial charge in [0.1, 0.15) is 5.60 Å². The summed E-state index contributed by atoms with van der Waals surface area (Å²) in [5.41, 5.74) is 3.36. The highest BCUT2D eigenvalue weighted by Gasteiger charge is 2.25. The number of aromatic amines is 1. The molecule has 0 spiro atoms. The Hall–Kier alpha value is -1.97. The van der Waals surface area contributed by atoms with Gasteiger partial charge in [-0.2, -0.15) is 0 Å². The Morgan fingerprint density at radius 1 is 1.33 bits per heavy atom. The first-order valence-corrected chi connectivity index (χ1v) is 7.50. The lowest BCUT2D eigenvalue weighted by molar-refractivity contribution is 0.0500. The van der Waals surface area contributed by atoms with Crippen molar-refractivity contribution < 1.29 is 9.53 Å². The van der Waals surface area contributed by atoms with Crippen molar-refractivity contribution in [2.75, 3.05) is 0 Å². The fourth-order valence-corrected chi connectivity index (χ4v) is 2.97. The lowest BCUT2D eigenvalue weighted by Gasteiger charge is -2.26. The molecule has 3 rings (SSSR count). The monoisotopic (exact) mass is 286 g/mol. The number of hydrogen-bond acceptors (Lipinski definition) is 2. The second kappa shape index (κ2) is 5.10. The largest absolute Gasteiger partial charge is 0.444 e. The van der Waals surface area contributed by atoms with Gasteiger partial charge in [-0.3, -0.25) is 0 Å². The second-order valence-electron chi connectivity index (χ2n) is 6.71. The molecule has 1 aromatic heterocycles. The van der Waals surface area contributed by atoms with Gasteiger partial charge in [0.2, 0.25) is 0 Å². The van der Waals surface area contributed by atoms with Crippen molar-refractivity contribution in [2.24, 2.45) is 0 Å². The van der Waals surface area contributed by atoms with Crippen LogP contribution in [0.4, 0.5) is 4.79 Å². The van der Waals surface area contributed by atoms with Crippen molar-refractivity contribution in [1.82, 2.24) is 10.3 Å². The standard InChI is InChI=1S/C17H22N2O2/c1-17(2,3)21-16(20)18-11-8-9-15-13(10-11)12-6-4-5-7-14(12)19-15/h4-7,11,19H,8-10H2,1-3H3,(H,18,20)/t11-/m0/s1. The number of rotatable bonds is 1. The molecule has 4 nitrogen and oxygen atoms in total. The predicted octanol–water partition coefficient (Wildman–Crippen LogP) is 3.55. The summed E-state index contributed by atoms with van der Waals surface area (Å²) in [5, 5.41) is 4.26. The molecule has 0 saturated heterocycles. The average molecular weight is 286 g/mol. The molecule has 4 heteroatoms. The van der Waals surface area contributed by atoms with Gasteiger partial charge >= 0.3 is 6.09 Å². The number of amides is 1. The highest BCUT2D eigenvalue weighted by atomic mass is 16.6. The van der Waals surface area contributed by atoms with E-state index in [4.69, 9.17) is 4.74 Å². The van der Waals surface area contributed by atoms with E-state index in [9.17, 15) is 4.79 Å². The summed E-state index contributed by atoms with van der Waals surface area (Å²) in [6, 6.07) is 8.48. The van der Waals surface area contributed by atoms with Crippen LogP contribution in [-0.2, 0) is 17.6 Å². The van der Waals surface area contributed by atoms with Gasteiger partial charge in [-0.25, -0.2) is 4.79 Å². The van der Waals surface area contributed by atoms with Crippen LogP contribution in [0.2, 0.25) is 0 Å². The van der Waals surface area contributed by atoms with Crippen LogP contribution in [-0.4, -0.2) is 22.7 Å². The minimum Gasteiger partial charge on any atom is -0.444 e. The van der Waals surface area contributed by atoms with Crippen molar-refractivity contribution in [2.45, 2.75) is 51.7 Å². The molecule has 0 bridgehead atoms. The number of fused-ring (bicyclic) bond motifs is 3. The van der Waals surface area contributed by atoms with E-state index < -0.39 is 5.60 Å². The average Bonchev–Trinajstić information content (AvgIpc) is 2.74. The van der Waals surface area contributed by atoms with E-state index in [1.54, 1.807) is 0 Å². The smallest absolute Gasteiger partial charge is 0.407 e. The lowest BCUT2D eigenvalue weighted by atomic mass is 9.91. The number of hydrogen-bond donors (Lipinski definition) is 2. The molecule has 1 aliphatic carbocycles. The van der Waals surface area contributed by atoms with E-state index in [-0.39, 0.29) is 12.1 Å². The highest BCUT2D eigenvalue weighted by molar-refractivity contribution is 5.85. The molecule has 0 aliphatic heterocycles. The topological polar surface area (TPSA) is 54.1 Å². The van der Waals surface area contributed by atoms with Crippen LogP contribution in [0.1, 0.15) is 38.4 Å². The molecular formula is C17H22N2O2. The third-order valence-electron chi connectivity index (χ3n) is 3.82. The molecule has 0 radical (unpaired) electrons. The maximum Gasteiger partial charge on any atom is 0.407 e. The van der Waals surface area contributed by atoms with E-state index in [0.717, 1.165) is 19.3 Å². The molecule has 1 aromatic carbocycles. The first kappa shape index (κ1) is 14.0. The zero-order chi connectivity index (χ0) is 15.0. The minimum atomic E-state index is -0.454. The molecule has 1 atom stereocenters. The number of carbonyl (C=O) groups is 1. The second-order valence-corrected chi connectivity index (χ2v) is 6.71. The van der Waals surface area contributed by atoms with Crippen LogP contribution >= 0.6 is 0 Å². The minimum absolute atomic E-state index is 0.145. The Morgan fingerprint density at radius 2 is 2.10 bits per heavy atom. The molecule has 21 heavy (non-hydrogen) atoms. The summed E-state index contributed by atoms with van der Waals surface area (Å²) in [6.07, 6.45) is 2.44. The highest BCUT2D eigenvalue weighted by Crippen LogP contribution is 2.29. The molecule has 0 saturated carbocycles. The number of alkyl carbamates (subject to hydrolysis) is 1. The van der Waals surface area contributed by atoms with E-state index >= 15 is 0 Å². The van der Waals surface area contributed by atoms with Crippen LogP contribution in [0, 0.1) is 0 Å². The summed E-state index contributed by atoms with van der Waals surface area (Å²) >= 11 is 0. The maximum absolute atomic E-state index is 11.9. The number of benzene rings is 1. The van der Waals surface area contributed by atoms with Gasteiger partial charge < -0.3 is 15.0 Å². The molecule has 2 aromatic rings. The van der Waals surface area contributed by atoms with Crippen LogP contribution < -0.4 is 5.32 Å². The van der Waals surface area contributed by atoms with Crippen molar-refractivity contribution in [3.63, 3.8) is 0 Å².